The topological polar surface area (TPSA) is 46.2 Å². The first-order valence-electron chi connectivity index (χ1n) is 4.27. The standard InChI is InChI=1S/C10H14BrNO/c1-7(10(12)6-13)8-3-2-4-9(11)5-8/h2-5,7,10,13H,6,12H2,1H3. The number of nitrogens with two attached hydrogens (primary N) is 1. The molecule has 0 saturated heterocycles. The van der Waals surface area contributed by atoms with E-state index < -0.39 is 0 Å². The molecule has 0 aliphatic heterocycles. The zero-order chi connectivity index (χ0) is 9.84. The van der Waals surface area contributed by atoms with Gasteiger partial charge in [-0.3, -0.25) is 0 Å². The SMILES string of the molecule is CC(c1cccc(Br)c1)C(N)CO. The molecule has 72 valence electrons. The Hall–Kier alpha value is -0.380. The molecule has 0 aliphatic rings. The molecule has 0 fully saturated rings. The molecule has 2 unspecified atom stereocenters. The van der Waals surface area contributed by atoms with Gasteiger partial charge in [0.25, 0.3) is 0 Å². The lowest BCUT2D eigenvalue weighted by molar-refractivity contribution is 0.252. The molecule has 0 aromatic heterocycles. The van der Waals surface area contributed by atoms with Gasteiger partial charge in [-0.2, -0.15) is 0 Å². The van der Waals surface area contributed by atoms with Gasteiger partial charge in [-0.05, 0) is 23.6 Å². The van der Waals surface area contributed by atoms with Crippen LogP contribution in [0.1, 0.15) is 18.4 Å². The first kappa shape index (κ1) is 10.7. The number of halogens is 1. The quantitative estimate of drug-likeness (QED) is 0.852. The van der Waals surface area contributed by atoms with Crippen molar-refractivity contribution in [1.82, 2.24) is 0 Å². The van der Waals surface area contributed by atoms with Crippen LogP contribution in [0.25, 0.3) is 0 Å². The molecular formula is C10H14BrNO. The Morgan fingerprint density at radius 1 is 1.54 bits per heavy atom. The molecular weight excluding hydrogens is 230 g/mol. The van der Waals surface area contributed by atoms with Gasteiger partial charge in [0.2, 0.25) is 0 Å². The molecule has 0 radical (unpaired) electrons. The molecule has 13 heavy (non-hydrogen) atoms. The third kappa shape index (κ3) is 2.79. The van der Waals surface area contributed by atoms with Gasteiger partial charge in [-0.25, -0.2) is 0 Å². The summed E-state index contributed by atoms with van der Waals surface area (Å²) in [6.07, 6.45) is 0. The summed E-state index contributed by atoms with van der Waals surface area (Å²) < 4.78 is 1.04. The summed E-state index contributed by atoms with van der Waals surface area (Å²) in [6.45, 7) is 2.04. The third-order valence-corrected chi connectivity index (χ3v) is 2.72. The minimum atomic E-state index is -0.186. The maximum Gasteiger partial charge on any atom is 0.0588 e. The Morgan fingerprint density at radius 2 is 2.23 bits per heavy atom. The van der Waals surface area contributed by atoms with E-state index in [0.29, 0.717) is 0 Å². The maximum atomic E-state index is 8.90. The smallest absolute Gasteiger partial charge is 0.0588 e. The molecule has 1 aromatic carbocycles. The number of hydrogen-bond donors (Lipinski definition) is 2. The number of rotatable bonds is 3. The van der Waals surface area contributed by atoms with Gasteiger partial charge < -0.3 is 10.8 Å². The van der Waals surface area contributed by atoms with Crippen molar-refractivity contribution in [1.29, 1.82) is 0 Å². The molecule has 2 atom stereocenters. The van der Waals surface area contributed by atoms with Crippen LogP contribution in [0, 0.1) is 0 Å². The van der Waals surface area contributed by atoms with E-state index in [1.54, 1.807) is 0 Å². The van der Waals surface area contributed by atoms with Crippen LogP contribution in [-0.2, 0) is 0 Å². The predicted molar refractivity (Wildman–Crippen MR) is 57.6 cm³/mol. The van der Waals surface area contributed by atoms with Crippen LogP contribution in [-0.4, -0.2) is 17.8 Å². The Labute approximate surface area is 86.9 Å². The molecule has 2 nitrogen and oxygen atoms in total. The zero-order valence-corrected chi connectivity index (χ0v) is 9.16. The largest absolute Gasteiger partial charge is 0.395 e. The average molecular weight is 244 g/mol. The summed E-state index contributed by atoms with van der Waals surface area (Å²) in [5.74, 6) is 0.183. The molecule has 1 aromatic rings. The van der Waals surface area contributed by atoms with Gasteiger partial charge in [0.05, 0.1) is 6.61 Å². The van der Waals surface area contributed by atoms with Crippen molar-refractivity contribution in [2.75, 3.05) is 6.61 Å². The summed E-state index contributed by atoms with van der Waals surface area (Å²) in [6, 6.07) is 7.81. The van der Waals surface area contributed by atoms with E-state index >= 15 is 0 Å². The van der Waals surface area contributed by atoms with Gasteiger partial charge in [0.1, 0.15) is 0 Å². The molecule has 1 rings (SSSR count). The van der Waals surface area contributed by atoms with Crippen LogP contribution >= 0.6 is 15.9 Å². The molecule has 3 heteroatoms. The molecule has 0 spiro atoms. The summed E-state index contributed by atoms with van der Waals surface area (Å²) in [5, 5.41) is 8.90. The normalized spacial score (nSPS) is 15.4. The lowest BCUT2D eigenvalue weighted by Crippen LogP contribution is -2.30. The minimum Gasteiger partial charge on any atom is -0.395 e. The molecule has 0 amide bonds. The van der Waals surface area contributed by atoms with Crippen LogP contribution in [0.4, 0.5) is 0 Å². The second-order valence-corrected chi connectivity index (χ2v) is 4.11. The van der Waals surface area contributed by atoms with E-state index in [9.17, 15) is 0 Å². The molecule has 0 bridgehead atoms. The summed E-state index contributed by atoms with van der Waals surface area (Å²) in [4.78, 5) is 0. The van der Waals surface area contributed by atoms with E-state index in [4.69, 9.17) is 10.8 Å². The first-order valence-corrected chi connectivity index (χ1v) is 5.06. The van der Waals surface area contributed by atoms with Crippen molar-refractivity contribution in [2.45, 2.75) is 18.9 Å². The van der Waals surface area contributed by atoms with E-state index in [-0.39, 0.29) is 18.6 Å². The van der Waals surface area contributed by atoms with Crippen LogP contribution in [0.3, 0.4) is 0 Å². The number of benzene rings is 1. The lowest BCUT2D eigenvalue weighted by atomic mass is 9.94. The first-order chi connectivity index (χ1) is 6.15. The number of hydrogen-bond acceptors (Lipinski definition) is 2. The van der Waals surface area contributed by atoms with E-state index in [1.165, 1.54) is 0 Å². The molecule has 3 N–H and O–H groups in total. The van der Waals surface area contributed by atoms with Crippen LogP contribution in [0.5, 0.6) is 0 Å². The van der Waals surface area contributed by atoms with E-state index in [2.05, 4.69) is 15.9 Å². The summed E-state index contributed by atoms with van der Waals surface area (Å²) in [5.41, 5.74) is 6.88. The summed E-state index contributed by atoms with van der Waals surface area (Å²) in [7, 11) is 0. The van der Waals surface area contributed by atoms with Gasteiger partial charge in [0.15, 0.2) is 0 Å². The maximum absolute atomic E-state index is 8.90. The molecule has 0 aliphatic carbocycles. The Morgan fingerprint density at radius 3 is 2.77 bits per heavy atom. The Kier molecular flexibility index (Phi) is 3.90. The van der Waals surface area contributed by atoms with Crippen molar-refractivity contribution in [3.05, 3.63) is 34.3 Å². The van der Waals surface area contributed by atoms with Crippen molar-refractivity contribution in [3.8, 4) is 0 Å². The minimum absolute atomic E-state index is 0.0215. The third-order valence-electron chi connectivity index (χ3n) is 2.23. The number of aliphatic hydroxyl groups excluding tert-OH is 1. The second-order valence-electron chi connectivity index (χ2n) is 3.19. The Bertz CT molecular complexity index is 277. The van der Waals surface area contributed by atoms with E-state index in [0.717, 1.165) is 10.0 Å². The van der Waals surface area contributed by atoms with Gasteiger partial charge in [-0.15, -0.1) is 0 Å². The van der Waals surface area contributed by atoms with Crippen molar-refractivity contribution in [2.24, 2.45) is 5.73 Å². The van der Waals surface area contributed by atoms with Crippen molar-refractivity contribution < 1.29 is 5.11 Å². The number of aliphatic hydroxyl groups is 1. The van der Waals surface area contributed by atoms with Gasteiger partial charge in [-0.1, -0.05) is 35.0 Å². The fourth-order valence-corrected chi connectivity index (χ4v) is 1.61. The monoisotopic (exact) mass is 243 g/mol. The second kappa shape index (κ2) is 4.74. The van der Waals surface area contributed by atoms with Crippen molar-refractivity contribution in [3.63, 3.8) is 0 Å². The highest BCUT2D eigenvalue weighted by Gasteiger charge is 2.13. The summed E-state index contributed by atoms with van der Waals surface area (Å²) >= 11 is 3.40. The van der Waals surface area contributed by atoms with Gasteiger partial charge in [0, 0.05) is 10.5 Å². The molecule has 0 heterocycles. The van der Waals surface area contributed by atoms with E-state index in [1.807, 2.05) is 31.2 Å². The highest BCUT2D eigenvalue weighted by Crippen LogP contribution is 2.21. The predicted octanol–water partition coefficient (Wildman–Crippen LogP) is 1.87. The fraction of sp³-hybridized carbons (Fsp3) is 0.400. The highest BCUT2D eigenvalue weighted by atomic mass is 79.9. The zero-order valence-electron chi connectivity index (χ0n) is 7.57. The van der Waals surface area contributed by atoms with Crippen LogP contribution in [0.2, 0.25) is 0 Å². The van der Waals surface area contributed by atoms with Crippen molar-refractivity contribution >= 4 is 15.9 Å². The van der Waals surface area contributed by atoms with Crippen LogP contribution in [0.15, 0.2) is 28.7 Å². The highest BCUT2D eigenvalue weighted by molar-refractivity contribution is 9.10. The Balaban J connectivity index is 2.82. The van der Waals surface area contributed by atoms with Gasteiger partial charge >= 0.3 is 0 Å². The lowest BCUT2D eigenvalue weighted by Gasteiger charge is -2.17. The fourth-order valence-electron chi connectivity index (χ4n) is 1.20. The molecule has 0 saturated carbocycles. The average Bonchev–Trinajstić information content (AvgIpc) is 2.15. The van der Waals surface area contributed by atoms with Crippen LogP contribution < -0.4 is 5.73 Å².